The highest BCUT2D eigenvalue weighted by Crippen LogP contribution is 2.27. The van der Waals surface area contributed by atoms with E-state index in [1.165, 1.54) is 12.8 Å². The van der Waals surface area contributed by atoms with E-state index in [0.717, 1.165) is 12.5 Å². The van der Waals surface area contributed by atoms with Crippen molar-refractivity contribution >= 4 is 23.2 Å². The number of rotatable bonds is 5. The second kappa shape index (κ2) is 5.27. The second-order valence-electron chi connectivity index (χ2n) is 3.96. The monoisotopic (exact) mass is 239 g/mol. The first-order chi connectivity index (χ1) is 7.75. The molecule has 1 aliphatic rings. The Morgan fingerprint density at radius 2 is 2.38 bits per heavy atom. The van der Waals surface area contributed by atoms with Gasteiger partial charge in [0, 0.05) is 6.20 Å². The van der Waals surface area contributed by atoms with Crippen LogP contribution in [0.1, 0.15) is 12.8 Å². The van der Waals surface area contributed by atoms with Crippen molar-refractivity contribution < 1.29 is 4.79 Å². The van der Waals surface area contributed by atoms with Gasteiger partial charge in [-0.05, 0) is 37.4 Å². The number of pyridine rings is 1. The number of hydrogen-bond donors (Lipinski definition) is 2. The highest BCUT2D eigenvalue weighted by Gasteiger charge is 2.20. The highest BCUT2D eigenvalue weighted by molar-refractivity contribution is 6.32. The van der Waals surface area contributed by atoms with Gasteiger partial charge in [-0.3, -0.25) is 4.79 Å². The quantitative estimate of drug-likeness (QED) is 0.769. The third kappa shape index (κ3) is 3.47. The number of anilines is 1. The molecule has 86 valence electrons. The second-order valence-corrected chi connectivity index (χ2v) is 4.32. The summed E-state index contributed by atoms with van der Waals surface area (Å²) in [6.45, 7) is 1.25. The maximum Gasteiger partial charge on any atom is 0.238 e. The lowest BCUT2D eigenvalue weighted by atomic mass is 10.4. The van der Waals surface area contributed by atoms with Crippen LogP contribution in [0.25, 0.3) is 0 Å². The van der Waals surface area contributed by atoms with Gasteiger partial charge in [0.1, 0.15) is 0 Å². The first kappa shape index (κ1) is 11.4. The fourth-order valence-corrected chi connectivity index (χ4v) is 1.55. The van der Waals surface area contributed by atoms with E-state index in [4.69, 9.17) is 11.6 Å². The maximum absolute atomic E-state index is 11.5. The topological polar surface area (TPSA) is 54.0 Å². The lowest BCUT2D eigenvalue weighted by Gasteiger charge is -2.06. The van der Waals surface area contributed by atoms with Crippen LogP contribution in [-0.2, 0) is 4.79 Å². The summed E-state index contributed by atoms with van der Waals surface area (Å²) < 4.78 is 0. The van der Waals surface area contributed by atoms with Gasteiger partial charge in [-0.15, -0.1) is 0 Å². The lowest BCUT2D eigenvalue weighted by molar-refractivity contribution is -0.115. The summed E-state index contributed by atoms with van der Waals surface area (Å²) in [5.74, 6) is 0.685. The number of amides is 1. The highest BCUT2D eigenvalue weighted by atomic mass is 35.5. The van der Waals surface area contributed by atoms with Gasteiger partial charge >= 0.3 is 0 Å². The predicted octanol–water partition coefficient (Wildman–Crippen LogP) is 1.67. The average molecular weight is 240 g/mol. The maximum atomic E-state index is 11.5. The Kier molecular flexibility index (Phi) is 3.74. The van der Waals surface area contributed by atoms with Gasteiger partial charge in [-0.2, -0.15) is 0 Å². The lowest BCUT2D eigenvalue weighted by Crippen LogP contribution is -2.29. The average Bonchev–Trinajstić information content (AvgIpc) is 3.05. The molecule has 1 fully saturated rings. The number of hydrogen-bond acceptors (Lipinski definition) is 3. The van der Waals surface area contributed by atoms with Gasteiger partial charge in [-0.25, -0.2) is 4.98 Å². The van der Waals surface area contributed by atoms with Crippen LogP contribution in [0.15, 0.2) is 18.3 Å². The molecule has 0 aliphatic heterocycles. The molecule has 0 spiro atoms. The Balaban J connectivity index is 1.75. The van der Waals surface area contributed by atoms with Crippen LogP contribution in [0.3, 0.4) is 0 Å². The van der Waals surface area contributed by atoms with E-state index in [-0.39, 0.29) is 5.91 Å². The SMILES string of the molecule is O=C(CNCC1CC1)Nc1cccnc1Cl. The molecular weight excluding hydrogens is 226 g/mol. The van der Waals surface area contributed by atoms with Crippen LogP contribution < -0.4 is 10.6 Å². The number of aromatic nitrogens is 1. The van der Waals surface area contributed by atoms with Crippen molar-refractivity contribution in [2.75, 3.05) is 18.4 Å². The van der Waals surface area contributed by atoms with Gasteiger partial charge in [-0.1, -0.05) is 11.6 Å². The van der Waals surface area contributed by atoms with E-state index >= 15 is 0 Å². The molecule has 1 aliphatic carbocycles. The van der Waals surface area contributed by atoms with Crippen molar-refractivity contribution in [2.24, 2.45) is 5.92 Å². The Morgan fingerprint density at radius 1 is 1.56 bits per heavy atom. The Hall–Kier alpha value is -1.13. The molecule has 0 saturated heterocycles. The summed E-state index contributed by atoms with van der Waals surface area (Å²) in [6, 6.07) is 3.47. The van der Waals surface area contributed by atoms with Gasteiger partial charge in [0.05, 0.1) is 12.2 Å². The molecule has 1 aromatic rings. The molecule has 0 aromatic carbocycles. The predicted molar refractivity (Wildman–Crippen MR) is 63.5 cm³/mol. The molecule has 2 rings (SSSR count). The summed E-state index contributed by atoms with van der Waals surface area (Å²) >= 11 is 5.82. The third-order valence-electron chi connectivity index (χ3n) is 2.45. The van der Waals surface area contributed by atoms with Crippen LogP contribution in [0.2, 0.25) is 5.15 Å². The zero-order valence-corrected chi connectivity index (χ0v) is 9.63. The van der Waals surface area contributed by atoms with E-state index in [1.807, 2.05) is 0 Å². The minimum Gasteiger partial charge on any atom is -0.322 e. The fourth-order valence-electron chi connectivity index (χ4n) is 1.39. The molecule has 0 atom stereocenters. The third-order valence-corrected chi connectivity index (χ3v) is 2.75. The van der Waals surface area contributed by atoms with E-state index in [0.29, 0.717) is 17.4 Å². The zero-order valence-electron chi connectivity index (χ0n) is 8.87. The minimum atomic E-state index is -0.0875. The summed E-state index contributed by atoms with van der Waals surface area (Å²) in [6.07, 6.45) is 4.15. The van der Waals surface area contributed by atoms with E-state index in [2.05, 4.69) is 15.6 Å². The first-order valence-electron chi connectivity index (χ1n) is 5.37. The van der Waals surface area contributed by atoms with E-state index in [9.17, 15) is 4.79 Å². The minimum absolute atomic E-state index is 0.0875. The molecule has 1 amide bonds. The van der Waals surface area contributed by atoms with Crippen molar-refractivity contribution in [1.82, 2.24) is 10.3 Å². The molecule has 0 unspecified atom stereocenters. The number of nitrogens with one attached hydrogen (secondary N) is 2. The number of carbonyl (C=O) groups is 1. The van der Waals surface area contributed by atoms with Gasteiger partial charge in [0.25, 0.3) is 0 Å². The molecule has 0 bridgehead atoms. The number of halogens is 1. The standard InChI is InChI=1S/C11H14ClN3O/c12-11-9(2-1-5-14-11)15-10(16)7-13-6-8-3-4-8/h1-2,5,8,13H,3-4,6-7H2,(H,15,16). The van der Waals surface area contributed by atoms with Crippen LogP contribution >= 0.6 is 11.6 Å². The molecule has 1 aromatic heterocycles. The van der Waals surface area contributed by atoms with Crippen LogP contribution in [0, 0.1) is 5.92 Å². The molecular formula is C11H14ClN3O. The van der Waals surface area contributed by atoms with Crippen molar-refractivity contribution in [1.29, 1.82) is 0 Å². The molecule has 1 saturated carbocycles. The Bertz CT molecular complexity index is 379. The smallest absolute Gasteiger partial charge is 0.238 e. The Morgan fingerprint density at radius 3 is 3.06 bits per heavy atom. The van der Waals surface area contributed by atoms with E-state index in [1.54, 1.807) is 18.3 Å². The number of nitrogens with zero attached hydrogens (tertiary/aromatic N) is 1. The molecule has 4 nitrogen and oxygen atoms in total. The van der Waals surface area contributed by atoms with Crippen LogP contribution in [-0.4, -0.2) is 24.0 Å². The van der Waals surface area contributed by atoms with Gasteiger partial charge in [0.2, 0.25) is 5.91 Å². The van der Waals surface area contributed by atoms with Crippen molar-refractivity contribution in [3.63, 3.8) is 0 Å². The summed E-state index contributed by atoms with van der Waals surface area (Å²) in [7, 11) is 0. The largest absolute Gasteiger partial charge is 0.322 e. The van der Waals surface area contributed by atoms with E-state index < -0.39 is 0 Å². The van der Waals surface area contributed by atoms with Crippen LogP contribution in [0.4, 0.5) is 5.69 Å². The van der Waals surface area contributed by atoms with Crippen molar-refractivity contribution in [3.05, 3.63) is 23.5 Å². The molecule has 1 heterocycles. The molecule has 16 heavy (non-hydrogen) atoms. The molecule has 0 radical (unpaired) electrons. The fraction of sp³-hybridized carbons (Fsp3) is 0.455. The summed E-state index contributed by atoms with van der Waals surface area (Å²) in [5.41, 5.74) is 0.558. The normalized spacial score (nSPS) is 14.8. The summed E-state index contributed by atoms with van der Waals surface area (Å²) in [4.78, 5) is 15.4. The van der Waals surface area contributed by atoms with Crippen molar-refractivity contribution in [3.8, 4) is 0 Å². The summed E-state index contributed by atoms with van der Waals surface area (Å²) in [5, 5.41) is 6.14. The van der Waals surface area contributed by atoms with Crippen molar-refractivity contribution in [2.45, 2.75) is 12.8 Å². The van der Waals surface area contributed by atoms with Gasteiger partial charge < -0.3 is 10.6 Å². The molecule has 2 N–H and O–H groups in total. The number of carbonyl (C=O) groups excluding carboxylic acids is 1. The Labute approximate surface area is 99.4 Å². The van der Waals surface area contributed by atoms with Crippen LogP contribution in [0.5, 0.6) is 0 Å². The first-order valence-corrected chi connectivity index (χ1v) is 5.74. The molecule has 5 heteroatoms. The zero-order chi connectivity index (χ0) is 11.4. The van der Waals surface area contributed by atoms with Gasteiger partial charge in [0.15, 0.2) is 5.15 Å².